The minimum atomic E-state index is -0.773. The molecule has 0 aromatic carbocycles. The maximum atomic E-state index is 12.9. The number of ether oxygens (including phenoxy) is 3. The third-order valence-electron chi connectivity index (χ3n) is 14.1. The normalized spacial score (nSPS) is 12.3. The molecule has 1 atom stereocenters. The molecule has 0 bridgehead atoms. The Morgan fingerprint density at radius 3 is 0.792 bits per heavy atom. The fourth-order valence-electron chi connectivity index (χ4n) is 9.27. The third-order valence-corrected chi connectivity index (χ3v) is 14.1. The summed E-state index contributed by atoms with van der Waals surface area (Å²) in [6, 6.07) is 0. The second kappa shape index (κ2) is 60.9. The lowest BCUT2D eigenvalue weighted by Crippen LogP contribution is -2.30. The summed E-state index contributed by atoms with van der Waals surface area (Å²) in [4.78, 5) is 38.2. The van der Waals surface area contributed by atoms with Gasteiger partial charge in [-0.05, 0) is 83.5 Å². The predicted molar refractivity (Wildman–Crippen MR) is 312 cm³/mol. The van der Waals surface area contributed by atoms with Crippen LogP contribution in [0.5, 0.6) is 0 Å². The highest BCUT2D eigenvalue weighted by Gasteiger charge is 2.19. The van der Waals surface area contributed by atoms with Gasteiger partial charge in [-0.1, -0.05) is 281 Å². The van der Waals surface area contributed by atoms with Gasteiger partial charge in [-0.25, -0.2) is 0 Å². The van der Waals surface area contributed by atoms with E-state index in [0.717, 1.165) is 70.6 Å². The molecule has 72 heavy (non-hydrogen) atoms. The van der Waals surface area contributed by atoms with Gasteiger partial charge in [-0.15, -0.1) is 0 Å². The highest BCUT2D eigenvalue weighted by Crippen LogP contribution is 2.17. The Balaban J connectivity index is 4.19. The van der Waals surface area contributed by atoms with Crippen LogP contribution in [0.1, 0.15) is 335 Å². The number of esters is 3. The van der Waals surface area contributed by atoms with Crippen molar-refractivity contribution >= 4 is 17.9 Å². The molecule has 0 amide bonds. The van der Waals surface area contributed by atoms with Gasteiger partial charge in [0.1, 0.15) is 13.2 Å². The van der Waals surface area contributed by atoms with Crippen molar-refractivity contribution in [2.75, 3.05) is 13.2 Å². The van der Waals surface area contributed by atoms with Gasteiger partial charge >= 0.3 is 17.9 Å². The highest BCUT2D eigenvalue weighted by molar-refractivity contribution is 5.71. The topological polar surface area (TPSA) is 78.9 Å². The quantitative estimate of drug-likeness (QED) is 0.0261. The Morgan fingerprint density at radius 1 is 0.278 bits per heavy atom. The molecule has 0 fully saturated rings. The Hall–Kier alpha value is -2.63. The number of hydrogen-bond acceptors (Lipinski definition) is 6. The molecule has 0 radical (unpaired) electrons. The maximum Gasteiger partial charge on any atom is 0.306 e. The van der Waals surface area contributed by atoms with Crippen molar-refractivity contribution in [2.45, 2.75) is 341 Å². The van der Waals surface area contributed by atoms with Crippen LogP contribution in [-0.2, 0) is 28.6 Å². The van der Waals surface area contributed by atoms with E-state index in [1.54, 1.807) is 0 Å². The maximum absolute atomic E-state index is 12.9. The Bertz CT molecular complexity index is 1250. The summed E-state index contributed by atoms with van der Waals surface area (Å²) >= 11 is 0. The molecule has 6 heteroatoms. The number of allylic oxidation sites excluding steroid dienone is 8. The van der Waals surface area contributed by atoms with Crippen LogP contribution in [0.2, 0.25) is 0 Å². The molecule has 6 nitrogen and oxygen atoms in total. The van der Waals surface area contributed by atoms with E-state index >= 15 is 0 Å². The fraction of sp³-hybridized carbons (Fsp3) is 0.833. The largest absolute Gasteiger partial charge is 0.462 e. The van der Waals surface area contributed by atoms with Gasteiger partial charge in [-0.2, -0.15) is 0 Å². The first kappa shape index (κ1) is 69.4. The first-order valence-corrected chi connectivity index (χ1v) is 31.6. The monoisotopic (exact) mass is 1010 g/mol. The van der Waals surface area contributed by atoms with E-state index in [2.05, 4.69) is 69.4 Å². The summed E-state index contributed by atoms with van der Waals surface area (Å²) in [5, 5.41) is 0. The minimum absolute atomic E-state index is 0.0717. The molecular weight excluding hydrogens is 889 g/mol. The molecule has 0 N–H and O–H groups in total. The lowest BCUT2D eigenvalue weighted by Gasteiger charge is -2.18. The zero-order chi connectivity index (χ0) is 52.2. The number of hydrogen-bond donors (Lipinski definition) is 0. The van der Waals surface area contributed by atoms with E-state index in [4.69, 9.17) is 14.2 Å². The highest BCUT2D eigenvalue weighted by atomic mass is 16.6. The summed E-state index contributed by atoms with van der Waals surface area (Å²) in [6.45, 7) is 6.65. The van der Waals surface area contributed by atoms with E-state index in [1.165, 1.54) is 225 Å². The van der Waals surface area contributed by atoms with Crippen LogP contribution >= 0.6 is 0 Å². The molecule has 1 unspecified atom stereocenters. The second-order valence-electron chi connectivity index (χ2n) is 21.3. The summed E-state index contributed by atoms with van der Waals surface area (Å²) in [7, 11) is 0. The molecule has 420 valence electrons. The van der Waals surface area contributed by atoms with Crippen molar-refractivity contribution < 1.29 is 28.6 Å². The average Bonchev–Trinajstić information content (AvgIpc) is 3.38. The van der Waals surface area contributed by atoms with Crippen LogP contribution in [0.3, 0.4) is 0 Å². The Labute approximate surface area is 448 Å². The number of carbonyl (C=O) groups is 3. The van der Waals surface area contributed by atoms with Crippen molar-refractivity contribution in [2.24, 2.45) is 0 Å². The first-order valence-electron chi connectivity index (χ1n) is 31.6. The van der Waals surface area contributed by atoms with Crippen LogP contribution in [0.4, 0.5) is 0 Å². The van der Waals surface area contributed by atoms with E-state index < -0.39 is 6.10 Å². The average molecular weight is 1010 g/mol. The zero-order valence-corrected chi connectivity index (χ0v) is 48.2. The van der Waals surface area contributed by atoms with E-state index in [-0.39, 0.29) is 31.1 Å². The van der Waals surface area contributed by atoms with Crippen LogP contribution in [0, 0.1) is 0 Å². The fourth-order valence-corrected chi connectivity index (χ4v) is 9.27. The predicted octanol–water partition coefficient (Wildman–Crippen LogP) is 21.4. The number of unbranched alkanes of at least 4 members (excludes halogenated alkanes) is 39. The molecule has 0 spiro atoms. The molecule has 0 aliphatic rings. The zero-order valence-electron chi connectivity index (χ0n) is 48.2. The SMILES string of the molecule is CCCCCCC/C=C\C/C=C\C/C=C\CCCCCCCCCCCCCCC(=O)OCC(COC(=O)CCCCCCCCCCCC)OC(=O)CCCCCCCCC/C=C\CCCCCCCC. The van der Waals surface area contributed by atoms with Gasteiger partial charge in [0, 0.05) is 19.3 Å². The lowest BCUT2D eigenvalue weighted by molar-refractivity contribution is -0.167. The molecule has 0 saturated carbocycles. The third kappa shape index (κ3) is 58.3. The molecule has 0 aromatic rings. The van der Waals surface area contributed by atoms with Crippen LogP contribution in [-0.4, -0.2) is 37.2 Å². The van der Waals surface area contributed by atoms with E-state index in [1.807, 2.05) is 0 Å². The van der Waals surface area contributed by atoms with E-state index in [0.29, 0.717) is 19.3 Å². The summed E-state index contributed by atoms with van der Waals surface area (Å²) in [6.07, 6.45) is 75.5. The minimum Gasteiger partial charge on any atom is -0.462 e. The molecule has 0 aliphatic heterocycles. The van der Waals surface area contributed by atoms with Gasteiger partial charge in [-0.3, -0.25) is 14.4 Å². The number of rotatable bonds is 58. The standard InChI is InChI=1S/C66H120O6/c1-4-7-10-13-16-19-22-24-26-28-29-30-31-32-33-34-35-36-37-39-40-42-44-47-50-53-56-59-65(68)71-62-63(61-70-64(67)58-55-52-49-46-21-18-15-12-9-6-3)72-66(69)60-57-54-51-48-45-43-41-38-27-25-23-20-17-14-11-8-5-2/h22,24-25,27-29,31-32,63H,4-21,23,26,30,33-62H2,1-3H3/b24-22-,27-25-,29-28-,32-31-. The summed E-state index contributed by atoms with van der Waals surface area (Å²) in [5.41, 5.74) is 0. The van der Waals surface area contributed by atoms with E-state index in [9.17, 15) is 14.4 Å². The van der Waals surface area contributed by atoms with Crippen molar-refractivity contribution in [3.8, 4) is 0 Å². The molecule has 0 aromatic heterocycles. The van der Waals surface area contributed by atoms with Crippen molar-refractivity contribution in [3.63, 3.8) is 0 Å². The summed E-state index contributed by atoms with van der Waals surface area (Å²) in [5.74, 6) is -0.862. The Morgan fingerprint density at radius 2 is 0.500 bits per heavy atom. The summed E-state index contributed by atoms with van der Waals surface area (Å²) < 4.78 is 16.9. The molecule has 0 rings (SSSR count). The lowest BCUT2D eigenvalue weighted by atomic mass is 10.0. The molecule has 0 aliphatic carbocycles. The van der Waals surface area contributed by atoms with Crippen molar-refractivity contribution in [1.82, 2.24) is 0 Å². The van der Waals surface area contributed by atoms with Gasteiger partial charge in [0.2, 0.25) is 0 Å². The second-order valence-corrected chi connectivity index (χ2v) is 21.3. The van der Waals surface area contributed by atoms with Crippen LogP contribution < -0.4 is 0 Å². The van der Waals surface area contributed by atoms with Crippen LogP contribution in [0.25, 0.3) is 0 Å². The molecule has 0 heterocycles. The smallest absolute Gasteiger partial charge is 0.306 e. The molecular formula is C66H120O6. The number of carbonyl (C=O) groups excluding carboxylic acids is 3. The van der Waals surface area contributed by atoms with Gasteiger partial charge in [0.05, 0.1) is 0 Å². The van der Waals surface area contributed by atoms with Gasteiger partial charge < -0.3 is 14.2 Å². The molecule has 0 saturated heterocycles. The van der Waals surface area contributed by atoms with Gasteiger partial charge in [0.25, 0.3) is 0 Å². The van der Waals surface area contributed by atoms with Crippen molar-refractivity contribution in [3.05, 3.63) is 48.6 Å². The van der Waals surface area contributed by atoms with Crippen LogP contribution in [0.15, 0.2) is 48.6 Å². The first-order chi connectivity index (χ1) is 35.5. The Kier molecular flexibility index (Phi) is 58.7. The van der Waals surface area contributed by atoms with Crippen molar-refractivity contribution in [1.29, 1.82) is 0 Å². The van der Waals surface area contributed by atoms with Gasteiger partial charge in [0.15, 0.2) is 6.10 Å².